The molecule has 0 aliphatic carbocycles. The SMILES string of the molecule is Cc1ccc(-c2ccc3c(=O)c4cc(C)ccc4oc3n2)cc1. The maximum absolute atomic E-state index is 12.6. The molecule has 0 aliphatic heterocycles. The number of aromatic nitrogens is 1. The van der Waals surface area contributed by atoms with Crippen LogP contribution in [0.3, 0.4) is 0 Å². The molecule has 2 aromatic heterocycles. The molecule has 3 nitrogen and oxygen atoms in total. The van der Waals surface area contributed by atoms with Crippen LogP contribution in [0.5, 0.6) is 0 Å². The van der Waals surface area contributed by atoms with Gasteiger partial charge in [-0.15, -0.1) is 0 Å². The van der Waals surface area contributed by atoms with Crippen LogP contribution in [0.2, 0.25) is 0 Å². The minimum atomic E-state index is -0.0343. The van der Waals surface area contributed by atoms with Crippen LogP contribution in [0.25, 0.3) is 33.3 Å². The zero-order chi connectivity index (χ0) is 16.0. The van der Waals surface area contributed by atoms with Crippen molar-refractivity contribution < 1.29 is 4.42 Å². The summed E-state index contributed by atoms with van der Waals surface area (Å²) in [5.74, 6) is 0. The Labute approximate surface area is 133 Å². The first-order valence-corrected chi connectivity index (χ1v) is 7.53. The van der Waals surface area contributed by atoms with E-state index in [2.05, 4.69) is 4.98 Å². The molecule has 4 rings (SSSR count). The highest BCUT2D eigenvalue weighted by atomic mass is 16.3. The molecule has 0 aliphatic rings. The molecule has 112 valence electrons. The Hall–Kier alpha value is -2.94. The van der Waals surface area contributed by atoms with Crippen molar-refractivity contribution in [2.75, 3.05) is 0 Å². The molecule has 0 radical (unpaired) electrons. The Balaban J connectivity index is 1.99. The van der Waals surface area contributed by atoms with Crippen molar-refractivity contribution in [3.05, 3.63) is 75.9 Å². The molecule has 0 saturated heterocycles. The Morgan fingerprint density at radius 2 is 1.57 bits per heavy atom. The molecule has 0 saturated carbocycles. The lowest BCUT2D eigenvalue weighted by molar-refractivity contribution is 0.645. The molecule has 2 heterocycles. The average molecular weight is 301 g/mol. The van der Waals surface area contributed by atoms with Gasteiger partial charge in [0.2, 0.25) is 11.1 Å². The number of rotatable bonds is 1. The van der Waals surface area contributed by atoms with E-state index in [1.54, 1.807) is 6.07 Å². The van der Waals surface area contributed by atoms with Gasteiger partial charge in [-0.05, 0) is 38.1 Å². The van der Waals surface area contributed by atoms with Crippen molar-refractivity contribution >= 4 is 22.1 Å². The van der Waals surface area contributed by atoms with Crippen LogP contribution in [-0.4, -0.2) is 4.98 Å². The molecule has 0 N–H and O–H groups in total. The third-order valence-electron chi connectivity index (χ3n) is 4.04. The smallest absolute Gasteiger partial charge is 0.231 e. The van der Waals surface area contributed by atoms with Crippen LogP contribution in [-0.2, 0) is 0 Å². The minimum Gasteiger partial charge on any atom is -0.437 e. The largest absolute Gasteiger partial charge is 0.437 e. The van der Waals surface area contributed by atoms with E-state index in [9.17, 15) is 4.79 Å². The third kappa shape index (κ3) is 2.30. The second-order valence-electron chi connectivity index (χ2n) is 5.85. The number of hydrogen-bond donors (Lipinski definition) is 0. The summed E-state index contributed by atoms with van der Waals surface area (Å²) in [4.78, 5) is 17.2. The van der Waals surface area contributed by atoms with Gasteiger partial charge in [0.1, 0.15) is 5.58 Å². The average Bonchev–Trinajstić information content (AvgIpc) is 2.56. The summed E-state index contributed by atoms with van der Waals surface area (Å²) in [6, 6.07) is 17.4. The Kier molecular flexibility index (Phi) is 3.01. The Morgan fingerprint density at radius 1 is 0.826 bits per heavy atom. The van der Waals surface area contributed by atoms with Crippen LogP contribution in [0, 0.1) is 13.8 Å². The molecule has 4 aromatic rings. The molecule has 0 bridgehead atoms. The van der Waals surface area contributed by atoms with Gasteiger partial charge in [0, 0.05) is 5.56 Å². The zero-order valence-electron chi connectivity index (χ0n) is 13.0. The summed E-state index contributed by atoms with van der Waals surface area (Å²) in [5, 5.41) is 1.11. The Morgan fingerprint density at radius 3 is 2.35 bits per heavy atom. The zero-order valence-corrected chi connectivity index (χ0v) is 13.0. The van der Waals surface area contributed by atoms with Crippen molar-refractivity contribution in [1.82, 2.24) is 4.98 Å². The number of fused-ring (bicyclic) bond motifs is 2. The van der Waals surface area contributed by atoms with Gasteiger partial charge in [-0.1, -0.05) is 41.5 Å². The van der Waals surface area contributed by atoms with Crippen molar-refractivity contribution in [3.63, 3.8) is 0 Å². The monoisotopic (exact) mass is 301 g/mol. The maximum Gasteiger partial charge on any atom is 0.231 e. The van der Waals surface area contributed by atoms with Gasteiger partial charge in [0.05, 0.1) is 16.5 Å². The highest BCUT2D eigenvalue weighted by Gasteiger charge is 2.10. The molecule has 0 spiro atoms. The lowest BCUT2D eigenvalue weighted by Crippen LogP contribution is -2.03. The lowest BCUT2D eigenvalue weighted by atomic mass is 10.1. The fraction of sp³-hybridized carbons (Fsp3) is 0.100. The molecular formula is C20H15NO2. The van der Waals surface area contributed by atoms with E-state index in [0.717, 1.165) is 16.8 Å². The minimum absolute atomic E-state index is 0.0343. The number of nitrogens with zero attached hydrogens (tertiary/aromatic N) is 1. The summed E-state index contributed by atoms with van der Waals surface area (Å²) >= 11 is 0. The van der Waals surface area contributed by atoms with Crippen molar-refractivity contribution in [3.8, 4) is 11.3 Å². The fourth-order valence-electron chi connectivity index (χ4n) is 2.74. The normalized spacial score (nSPS) is 11.2. The van der Waals surface area contributed by atoms with Gasteiger partial charge in [0.25, 0.3) is 0 Å². The van der Waals surface area contributed by atoms with Gasteiger partial charge < -0.3 is 4.42 Å². The predicted molar refractivity (Wildman–Crippen MR) is 92.7 cm³/mol. The lowest BCUT2D eigenvalue weighted by Gasteiger charge is -2.05. The molecular weight excluding hydrogens is 286 g/mol. The highest BCUT2D eigenvalue weighted by molar-refractivity contribution is 5.89. The van der Waals surface area contributed by atoms with E-state index in [1.165, 1.54) is 5.56 Å². The van der Waals surface area contributed by atoms with Crippen molar-refractivity contribution in [2.45, 2.75) is 13.8 Å². The van der Waals surface area contributed by atoms with Gasteiger partial charge in [-0.3, -0.25) is 4.79 Å². The second kappa shape index (κ2) is 5.06. The fourth-order valence-corrected chi connectivity index (χ4v) is 2.74. The molecule has 0 atom stereocenters. The van der Waals surface area contributed by atoms with Gasteiger partial charge in [0.15, 0.2) is 0 Å². The van der Waals surface area contributed by atoms with E-state index in [-0.39, 0.29) is 5.43 Å². The van der Waals surface area contributed by atoms with Crippen molar-refractivity contribution in [2.24, 2.45) is 0 Å². The van der Waals surface area contributed by atoms with Crippen LogP contribution < -0.4 is 5.43 Å². The second-order valence-corrected chi connectivity index (χ2v) is 5.85. The van der Waals surface area contributed by atoms with E-state index in [4.69, 9.17) is 4.42 Å². The van der Waals surface area contributed by atoms with Crippen LogP contribution in [0.1, 0.15) is 11.1 Å². The van der Waals surface area contributed by atoms with E-state index >= 15 is 0 Å². The number of aryl methyl sites for hydroxylation is 2. The van der Waals surface area contributed by atoms with Crippen LogP contribution in [0.15, 0.2) is 63.8 Å². The summed E-state index contributed by atoms with van der Waals surface area (Å²) < 4.78 is 5.86. The number of hydrogen-bond acceptors (Lipinski definition) is 3. The number of benzene rings is 2. The van der Waals surface area contributed by atoms with E-state index in [0.29, 0.717) is 22.1 Å². The first kappa shape index (κ1) is 13.7. The van der Waals surface area contributed by atoms with Gasteiger partial charge >= 0.3 is 0 Å². The van der Waals surface area contributed by atoms with E-state index < -0.39 is 0 Å². The summed E-state index contributed by atoms with van der Waals surface area (Å²) in [6.45, 7) is 4.01. The van der Waals surface area contributed by atoms with Gasteiger partial charge in [-0.25, -0.2) is 4.98 Å². The molecule has 2 aromatic carbocycles. The summed E-state index contributed by atoms with van der Waals surface area (Å²) in [5.41, 5.74) is 4.95. The summed E-state index contributed by atoms with van der Waals surface area (Å²) in [6.07, 6.45) is 0. The van der Waals surface area contributed by atoms with Crippen LogP contribution >= 0.6 is 0 Å². The molecule has 0 unspecified atom stereocenters. The number of pyridine rings is 1. The van der Waals surface area contributed by atoms with E-state index in [1.807, 2.05) is 62.4 Å². The third-order valence-corrected chi connectivity index (χ3v) is 4.04. The Bertz CT molecular complexity index is 1090. The first-order valence-electron chi connectivity index (χ1n) is 7.53. The maximum atomic E-state index is 12.6. The molecule has 0 fully saturated rings. The van der Waals surface area contributed by atoms with Crippen molar-refractivity contribution in [1.29, 1.82) is 0 Å². The molecule has 23 heavy (non-hydrogen) atoms. The topological polar surface area (TPSA) is 43.1 Å². The quantitative estimate of drug-likeness (QED) is 0.482. The van der Waals surface area contributed by atoms with Gasteiger partial charge in [-0.2, -0.15) is 0 Å². The van der Waals surface area contributed by atoms with Crippen LogP contribution in [0.4, 0.5) is 0 Å². The summed E-state index contributed by atoms with van der Waals surface area (Å²) in [7, 11) is 0. The standard InChI is InChI=1S/C20H15NO2/c1-12-3-6-14(7-4-12)17-9-8-15-19(22)16-11-13(2)5-10-18(16)23-20(15)21-17/h3-11H,1-2H3. The highest BCUT2D eigenvalue weighted by Crippen LogP contribution is 2.23. The molecule has 3 heteroatoms. The molecule has 0 amide bonds. The first-order chi connectivity index (χ1) is 11.1. The predicted octanol–water partition coefficient (Wildman–Crippen LogP) is 4.63.